The second kappa shape index (κ2) is 8.40. The van der Waals surface area contributed by atoms with E-state index in [4.69, 9.17) is 12.2 Å². The van der Waals surface area contributed by atoms with Gasteiger partial charge in [0.25, 0.3) is 5.91 Å². The van der Waals surface area contributed by atoms with E-state index in [0.717, 1.165) is 11.8 Å². The van der Waals surface area contributed by atoms with Crippen molar-refractivity contribution in [3.63, 3.8) is 0 Å². The molecule has 1 aromatic heterocycles. The van der Waals surface area contributed by atoms with Gasteiger partial charge in [0.2, 0.25) is 11.7 Å². The van der Waals surface area contributed by atoms with Crippen LogP contribution in [-0.4, -0.2) is 37.9 Å². The molecule has 1 N–H and O–H groups in total. The van der Waals surface area contributed by atoms with Crippen molar-refractivity contribution in [2.24, 2.45) is 0 Å². The minimum absolute atomic E-state index is 0.0479. The lowest BCUT2D eigenvalue weighted by molar-refractivity contribution is -0.122. The molecule has 1 aliphatic rings. The molecule has 0 saturated carbocycles. The minimum Gasteiger partial charge on any atom is -0.306 e. The smallest absolute Gasteiger partial charge is 0.266 e. The van der Waals surface area contributed by atoms with E-state index in [2.05, 4.69) is 20.3 Å². The zero-order chi connectivity index (χ0) is 19.4. The fourth-order valence-electron chi connectivity index (χ4n) is 2.34. The van der Waals surface area contributed by atoms with Gasteiger partial charge in [0.15, 0.2) is 0 Å². The number of amides is 2. The number of hydrogen-bond acceptors (Lipinski definition) is 7. The number of nitrogens with one attached hydrogen (secondary N) is 1. The van der Waals surface area contributed by atoms with Crippen molar-refractivity contribution < 1.29 is 18.6 Å². The van der Waals surface area contributed by atoms with Crippen LogP contribution < -0.4 is 5.32 Å². The van der Waals surface area contributed by atoms with E-state index >= 15 is 0 Å². The number of anilines is 1. The number of thioether (sulfide) groups is 1. The number of halogens is 1. The molecule has 27 heavy (non-hydrogen) atoms. The Morgan fingerprint density at radius 2 is 2.11 bits per heavy atom. The third kappa shape index (κ3) is 4.58. The summed E-state index contributed by atoms with van der Waals surface area (Å²) < 4.78 is 18.0. The highest BCUT2D eigenvalue weighted by Crippen LogP contribution is 2.32. The molecule has 1 aromatic carbocycles. The summed E-state index contributed by atoms with van der Waals surface area (Å²) in [5, 5.41) is 9.93. The number of aryl methyl sites for hydroxylation is 1. The Labute approximate surface area is 163 Å². The van der Waals surface area contributed by atoms with Crippen LogP contribution in [0.25, 0.3) is 6.08 Å². The van der Waals surface area contributed by atoms with Gasteiger partial charge in [-0.3, -0.25) is 14.5 Å². The van der Waals surface area contributed by atoms with Gasteiger partial charge < -0.3 is 5.32 Å². The molecule has 3 rings (SSSR count). The lowest BCUT2D eigenvalue weighted by atomic mass is 10.2. The number of nitrogens with zero attached hydrogens (tertiary/aromatic N) is 3. The van der Waals surface area contributed by atoms with Gasteiger partial charge in [-0.2, -0.15) is 0 Å². The summed E-state index contributed by atoms with van der Waals surface area (Å²) in [6.07, 6.45) is 2.27. The normalized spacial score (nSPS) is 15.6. The van der Waals surface area contributed by atoms with Gasteiger partial charge in [-0.1, -0.05) is 48.2 Å². The number of carbonyl (C=O) groups is 2. The van der Waals surface area contributed by atoms with Crippen LogP contribution >= 0.6 is 24.0 Å². The predicted octanol–water partition coefficient (Wildman–Crippen LogP) is 3.00. The zero-order valence-corrected chi connectivity index (χ0v) is 15.9. The maximum absolute atomic E-state index is 13.0. The van der Waals surface area contributed by atoms with E-state index < -0.39 is 0 Å². The average molecular weight is 406 g/mol. The second-order valence-corrected chi connectivity index (χ2v) is 7.27. The first-order chi connectivity index (χ1) is 13.0. The summed E-state index contributed by atoms with van der Waals surface area (Å²) in [6, 6.07) is 5.79. The van der Waals surface area contributed by atoms with Gasteiger partial charge in [-0.25, -0.2) is 9.02 Å². The van der Waals surface area contributed by atoms with Crippen LogP contribution in [0.3, 0.4) is 0 Å². The molecule has 7 nitrogen and oxygen atoms in total. The number of thiocarbonyl (C=S) groups is 1. The van der Waals surface area contributed by atoms with Gasteiger partial charge in [-0.15, -0.1) is 0 Å². The third-order valence-corrected chi connectivity index (χ3v) is 5.13. The van der Waals surface area contributed by atoms with E-state index in [-0.39, 0.29) is 36.4 Å². The number of rotatable bonds is 6. The van der Waals surface area contributed by atoms with Crippen molar-refractivity contribution in [2.45, 2.75) is 19.8 Å². The Balaban J connectivity index is 1.60. The van der Waals surface area contributed by atoms with E-state index in [1.54, 1.807) is 18.2 Å². The lowest BCUT2D eigenvalue weighted by Crippen LogP contribution is -2.31. The molecule has 0 atom stereocenters. The third-order valence-electron chi connectivity index (χ3n) is 3.75. The summed E-state index contributed by atoms with van der Waals surface area (Å²) in [7, 11) is 0. The topological polar surface area (TPSA) is 88.3 Å². The van der Waals surface area contributed by atoms with Crippen LogP contribution in [0.1, 0.15) is 24.6 Å². The molecule has 1 aliphatic heterocycles. The van der Waals surface area contributed by atoms with Crippen molar-refractivity contribution >= 4 is 52.0 Å². The first-order valence-electron chi connectivity index (χ1n) is 8.10. The molecule has 2 aromatic rings. The molecule has 140 valence electrons. The Morgan fingerprint density at radius 1 is 1.37 bits per heavy atom. The number of hydrogen-bond donors (Lipinski definition) is 1. The summed E-state index contributed by atoms with van der Waals surface area (Å²) >= 11 is 6.39. The van der Waals surface area contributed by atoms with Crippen LogP contribution in [0.2, 0.25) is 0 Å². The Hall–Kier alpha value is -2.59. The van der Waals surface area contributed by atoms with Gasteiger partial charge >= 0.3 is 0 Å². The second-order valence-electron chi connectivity index (χ2n) is 5.60. The monoisotopic (exact) mass is 406 g/mol. The molecule has 0 bridgehead atoms. The van der Waals surface area contributed by atoms with Crippen LogP contribution in [0.4, 0.5) is 10.2 Å². The van der Waals surface area contributed by atoms with Gasteiger partial charge in [0.05, 0.1) is 4.91 Å². The highest BCUT2D eigenvalue weighted by Gasteiger charge is 2.32. The molecule has 0 radical (unpaired) electrons. The van der Waals surface area contributed by atoms with Crippen LogP contribution in [0.15, 0.2) is 33.8 Å². The zero-order valence-electron chi connectivity index (χ0n) is 14.3. The molecule has 0 aliphatic carbocycles. The standard InChI is InChI=1S/C17H15FN4O3S2/c1-2-12-15(21-25-20-12)19-14(23)7-8-22-16(24)13(27-17(22)26)9-10-3-5-11(18)6-4-10/h3-6,9H,2,7-8H2,1H3,(H,19,21,23)/b13-9-. The summed E-state index contributed by atoms with van der Waals surface area (Å²) in [4.78, 5) is 26.4. The molecular weight excluding hydrogens is 391 g/mol. The Morgan fingerprint density at radius 3 is 2.81 bits per heavy atom. The fraction of sp³-hybridized carbons (Fsp3) is 0.235. The van der Waals surface area contributed by atoms with Crippen molar-refractivity contribution in [1.82, 2.24) is 15.2 Å². The lowest BCUT2D eigenvalue weighted by Gasteiger charge is -2.13. The number of benzene rings is 1. The summed E-state index contributed by atoms with van der Waals surface area (Å²) in [5.41, 5.74) is 1.25. The van der Waals surface area contributed by atoms with Crippen LogP contribution in [0.5, 0.6) is 0 Å². The van der Waals surface area contributed by atoms with E-state index in [0.29, 0.717) is 26.9 Å². The number of aromatic nitrogens is 2. The maximum atomic E-state index is 13.0. The van der Waals surface area contributed by atoms with Crippen molar-refractivity contribution in [2.75, 3.05) is 11.9 Å². The summed E-state index contributed by atoms with van der Waals surface area (Å²) in [6.45, 7) is 2.01. The Kier molecular flexibility index (Phi) is 5.97. The van der Waals surface area contributed by atoms with Crippen LogP contribution in [-0.2, 0) is 16.0 Å². The van der Waals surface area contributed by atoms with Gasteiger partial charge in [0, 0.05) is 13.0 Å². The first kappa shape index (κ1) is 19.2. The SMILES string of the molecule is CCc1nonc1NC(=O)CCN1C(=O)/C(=C/c2ccc(F)cc2)SC1=S. The molecule has 2 heterocycles. The van der Waals surface area contributed by atoms with Gasteiger partial charge in [0.1, 0.15) is 15.8 Å². The highest BCUT2D eigenvalue weighted by atomic mass is 32.2. The highest BCUT2D eigenvalue weighted by molar-refractivity contribution is 8.26. The molecule has 0 spiro atoms. The van der Waals surface area contributed by atoms with E-state index in [1.165, 1.54) is 17.0 Å². The maximum Gasteiger partial charge on any atom is 0.266 e. The molecule has 2 amide bonds. The largest absolute Gasteiger partial charge is 0.306 e. The molecule has 10 heteroatoms. The molecular formula is C17H15FN4O3S2. The average Bonchev–Trinajstić information content (AvgIpc) is 3.19. The van der Waals surface area contributed by atoms with Crippen molar-refractivity contribution in [1.29, 1.82) is 0 Å². The minimum atomic E-state index is -0.348. The van der Waals surface area contributed by atoms with Gasteiger partial charge in [-0.05, 0) is 35.3 Å². The van der Waals surface area contributed by atoms with Crippen molar-refractivity contribution in [3.8, 4) is 0 Å². The Bertz CT molecular complexity index is 911. The van der Waals surface area contributed by atoms with Crippen molar-refractivity contribution in [3.05, 3.63) is 46.2 Å². The predicted molar refractivity (Wildman–Crippen MR) is 103 cm³/mol. The molecule has 1 fully saturated rings. The van der Waals surface area contributed by atoms with E-state index in [1.807, 2.05) is 6.92 Å². The van der Waals surface area contributed by atoms with E-state index in [9.17, 15) is 14.0 Å². The first-order valence-corrected chi connectivity index (χ1v) is 9.32. The quantitative estimate of drug-likeness (QED) is 0.583. The number of carbonyl (C=O) groups excluding carboxylic acids is 2. The van der Waals surface area contributed by atoms with Crippen LogP contribution in [0, 0.1) is 5.82 Å². The summed E-state index contributed by atoms with van der Waals surface area (Å²) in [5.74, 6) is -0.667. The fourth-order valence-corrected chi connectivity index (χ4v) is 3.65. The molecule has 1 saturated heterocycles. The molecule has 0 unspecified atom stereocenters.